The Morgan fingerprint density at radius 1 is 1.12 bits per heavy atom. The Labute approximate surface area is 153 Å². The van der Waals surface area contributed by atoms with E-state index in [0.717, 1.165) is 3.97 Å². The number of nitrogens with zero attached hydrogens (tertiary/aromatic N) is 1. The predicted octanol–water partition coefficient (Wildman–Crippen LogP) is 2.00. The van der Waals surface area contributed by atoms with Crippen LogP contribution in [-0.2, 0) is 24.8 Å². The quantitative estimate of drug-likeness (QED) is 0.740. The molecule has 0 unspecified atom stereocenters. The number of carbonyl (C=O) groups is 1. The van der Waals surface area contributed by atoms with Gasteiger partial charge in [0, 0.05) is 11.1 Å². The van der Waals surface area contributed by atoms with Crippen LogP contribution in [0.5, 0.6) is 0 Å². The highest BCUT2D eigenvalue weighted by Gasteiger charge is 2.27. The van der Waals surface area contributed by atoms with Gasteiger partial charge in [-0.1, -0.05) is 0 Å². The zero-order valence-electron chi connectivity index (χ0n) is 15.3. The summed E-state index contributed by atoms with van der Waals surface area (Å²) in [4.78, 5) is 12.2. The monoisotopic (exact) mass is 402 g/mol. The number of hydrogen-bond donors (Lipinski definition) is 1. The van der Waals surface area contributed by atoms with Crippen molar-refractivity contribution in [3.8, 4) is 0 Å². The summed E-state index contributed by atoms with van der Waals surface area (Å²) in [5.41, 5.74) is 1.45. The molecule has 0 saturated carbocycles. The molecule has 1 N–H and O–H groups in total. The molecule has 1 aromatic carbocycles. The number of fused-ring (bicyclic) bond motifs is 1. The predicted molar refractivity (Wildman–Crippen MR) is 101 cm³/mol. The van der Waals surface area contributed by atoms with E-state index in [2.05, 4.69) is 4.72 Å². The number of benzene rings is 1. The van der Waals surface area contributed by atoms with Crippen LogP contribution in [0.2, 0.25) is 0 Å². The Balaban J connectivity index is 2.92. The fraction of sp³-hybridized carbons (Fsp3) is 0.438. The summed E-state index contributed by atoms with van der Waals surface area (Å²) in [6.07, 6.45) is 0. The average Bonchev–Trinajstić information content (AvgIpc) is 2.86. The molecule has 2 aromatic rings. The summed E-state index contributed by atoms with van der Waals surface area (Å²) in [7, 11) is -6.00. The number of anilines is 1. The Bertz CT molecular complexity index is 1080. The molecule has 0 aliphatic carbocycles. The zero-order valence-corrected chi connectivity index (χ0v) is 16.9. The van der Waals surface area contributed by atoms with Crippen LogP contribution in [0, 0.1) is 13.8 Å². The van der Waals surface area contributed by atoms with Gasteiger partial charge in [0.05, 0.1) is 35.4 Å². The van der Waals surface area contributed by atoms with E-state index < -0.39 is 26.0 Å². The molecule has 0 radical (unpaired) electrons. The number of aryl methyl sites for hydroxylation is 1. The van der Waals surface area contributed by atoms with Crippen molar-refractivity contribution in [1.82, 2.24) is 3.97 Å². The first-order valence-electron chi connectivity index (χ1n) is 7.96. The maximum atomic E-state index is 12.5. The number of carbonyl (C=O) groups excluding carboxylic acids is 1. The third-order valence-corrected chi connectivity index (χ3v) is 7.22. The molecule has 0 amide bonds. The van der Waals surface area contributed by atoms with Crippen molar-refractivity contribution in [3.05, 3.63) is 29.0 Å². The lowest BCUT2D eigenvalue weighted by Gasteiger charge is -2.11. The Hall–Kier alpha value is -2.07. The molecule has 0 bridgehead atoms. The van der Waals surface area contributed by atoms with Crippen LogP contribution >= 0.6 is 0 Å². The molecule has 0 fully saturated rings. The molecule has 1 aromatic heterocycles. The molecule has 8 nitrogen and oxygen atoms in total. The van der Waals surface area contributed by atoms with E-state index in [1.54, 1.807) is 13.0 Å². The average molecular weight is 402 g/mol. The highest BCUT2D eigenvalue weighted by Crippen LogP contribution is 2.33. The van der Waals surface area contributed by atoms with E-state index in [0.29, 0.717) is 16.5 Å². The zero-order chi connectivity index (χ0) is 19.9. The van der Waals surface area contributed by atoms with Gasteiger partial charge in [0.15, 0.2) is 0 Å². The molecule has 10 heteroatoms. The lowest BCUT2D eigenvalue weighted by molar-refractivity contribution is 0.0602. The van der Waals surface area contributed by atoms with Crippen molar-refractivity contribution in [2.24, 2.45) is 0 Å². The van der Waals surface area contributed by atoms with Crippen molar-refractivity contribution in [1.29, 1.82) is 0 Å². The van der Waals surface area contributed by atoms with E-state index in [9.17, 15) is 21.6 Å². The van der Waals surface area contributed by atoms with E-state index >= 15 is 0 Å². The second-order valence-electron chi connectivity index (χ2n) is 5.81. The van der Waals surface area contributed by atoms with Crippen molar-refractivity contribution in [2.45, 2.75) is 27.7 Å². The van der Waals surface area contributed by atoms with Crippen LogP contribution in [0.4, 0.5) is 5.69 Å². The molecule has 1 heterocycles. The number of methoxy groups -OCH3 is 1. The van der Waals surface area contributed by atoms with Crippen molar-refractivity contribution in [3.63, 3.8) is 0 Å². The molecule has 0 saturated heterocycles. The Kier molecular flexibility index (Phi) is 5.39. The minimum Gasteiger partial charge on any atom is -0.465 e. The molecule has 0 spiro atoms. The number of sulfonamides is 1. The summed E-state index contributed by atoms with van der Waals surface area (Å²) in [6, 6.07) is 3.02. The van der Waals surface area contributed by atoms with E-state index in [1.165, 1.54) is 33.9 Å². The summed E-state index contributed by atoms with van der Waals surface area (Å²) in [6.45, 7) is 6.19. The highest BCUT2D eigenvalue weighted by molar-refractivity contribution is 7.92. The third kappa shape index (κ3) is 3.43. The van der Waals surface area contributed by atoms with Gasteiger partial charge in [0.1, 0.15) is 0 Å². The van der Waals surface area contributed by atoms with Crippen molar-refractivity contribution < 1.29 is 26.4 Å². The van der Waals surface area contributed by atoms with Gasteiger partial charge in [0.2, 0.25) is 20.0 Å². The molecular weight excluding hydrogens is 380 g/mol. The Morgan fingerprint density at radius 3 is 2.23 bits per heavy atom. The van der Waals surface area contributed by atoms with Gasteiger partial charge in [-0.25, -0.2) is 25.6 Å². The normalized spacial score (nSPS) is 12.3. The number of ether oxygens (including phenoxy) is 1. The highest BCUT2D eigenvalue weighted by atomic mass is 32.2. The Morgan fingerprint density at radius 2 is 1.73 bits per heavy atom. The van der Waals surface area contributed by atoms with Crippen LogP contribution in [0.25, 0.3) is 10.9 Å². The van der Waals surface area contributed by atoms with Crippen LogP contribution in [0.15, 0.2) is 12.1 Å². The van der Waals surface area contributed by atoms with Gasteiger partial charge in [-0.3, -0.25) is 4.72 Å². The number of nitrogens with one attached hydrogen (secondary N) is 1. The van der Waals surface area contributed by atoms with E-state index in [-0.39, 0.29) is 28.5 Å². The molecular formula is C16H22N2O6S2. The maximum absolute atomic E-state index is 12.5. The molecule has 0 atom stereocenters. The fourth-order valence-electron chi connectivity index (χ4n) is 2.74. The first-order valence-corrected chi connectivity index (χ1v) is 11.2. The number of aromatic nitrogens is 1. The van der Waals surface area contributed by atoms with Crippen molar-refractivity contribution in [2.75, 3.05) is 23.3 Å². The van der Waals surface area contributed by atoms with Crippen LogP contribution < -0.4 is 4.72 Å². The summed E-state index contributed by atoms with van der Waals surface area (Å²) < 4.78 is 57.2. The van der Waals surface area contributed by atoms with Crippen LogP contribution in [0.1, 0.15) is 35.5 Å². The summed E-state index contributed by atoms with van der Waals surface area (Å²) in [5.74, 6) is -0.953. The maximum Gasteiger partial charge on any atom is 0.340 e. The van der Waals surface area contributed by atoms with Gasteiger partial charge < -0.3 is 4.74 Å². The SMILES string of the molecule is CCS(=O)(=O)Nc1cc2c(C(=O)OC)c(C)n(S(=O)(=O)CC)c2cc1C. The minimum absolute atomic E-state index is 0.0940. The van der Waals surface area contributed by atoms with Gasteiger partial charge in [-0.05, 0) is 45.4 Å². The fourth-order valence-corrected chi connectivity index (χ4v) is 4.65. The number of rotatable bonds is 6. The summed E-state index contributed by atoms with van der Waals surface area (Å²) in [5, 5.41) is 0.311. The second-order valence-corrected chi connectivity index (χ2v) is 9.92. The lowest BCUT2D eigenvalue weighted by atomic mass is 10.1. The largest absolute Gasteiger partial charge is 0.465 e. The van der Waals surface area contributed by atoms with Crippen LogP contribution in [0.3, 0.4) is 0 Å². The molecule has 0 aliphatic rings. The molecule has 144 valence electrons. The number of hydrogen-bond acceptors (Lipinski definition) is 6. The van der Waals surface area contributed by atoms with Gasteiger partial charge in [-0.2, -0.15) is 0 Å². The lowest BCUT2D eigenvalue weighted by Crippen LogP contribution is -2.17. The van der Waals surface area contributed by atoms with Gasteiger partial charge in [0.25, 0.3) is 0 Å². The van der Waals surface area contributed by atoms with Crippen LogP contribution in [-0.4, -0.2) is 45.4 Å². The van der Waals surface area contributed by atoms with E-state index in [1.807, 2.05) is 0 Å². The number of esters is 1. The minimum atomic E-state index is -3.68. The van der Waals surface area contributed by atoms with E-state index in [4.69, 9.17) is 4.74 Å². The molecule has 2 rings (SSSR count). The standard InChI is InChI=1S/C16H22N2O6S2/c1-6-25(20,21)17-13-9-12-14(8-10(13)3)18(26(22,23)7-2)11(4)15(12)16(19)24-5/h8-9,17H,6-7H2,1-5H3. The van der Waals surface area contributed by atoms with Gasteiger partial charge in [-0.15, -0.1) is 0 Å². The molecule has 0 aliphatic heterocycles. The first kappa shape index (κ1) is 20.2. The summed E-state index contributed by atoms with van der Waals surface area (Å²) >= 11 is 0. The van der Waals surface area contributed by atoms with Crippen molar-refractivity contribution >= 4 is 42.6 Å². The topological polar surface area (TPSA) is 112 Å². The first-order chi connectivity index (χ1) is 12.0. The van der Waals surface area contributed by atoms with Gasteiger partial charge >= 0.3 is 5.97 Å². The second kappa shape index (κ2) is 6.92. The third-order valence-electron chi connectivity index (χ3n) is 4.18. The smallest absolute Gasteiger partial charge is 0.340 e. The molecule has 26 heavy (non-hydrogen) atoms.